The van der Waals surface area contributed by atoms with Crippen molar-refractivity contribution < 1.29 is 8.81 Å². The lowest BCUT2D eigenvalue weighted by Gasteiger charge is -2.11. The molecule has 0 aliphatic carbocycles. The maximum absolute atomic E-state index is 13.8. The first-order valence-corrected chi connectivity index (χ1v) is 7.84. The molecular weight excluding hydrogens is 331 g/mol. The second-order valence-electron chi connectivity index (χ2n) is 5.43. The topological polar surface area (TPSA) is 48.0 Å². The Morgan fingerprint density at radius 3 is 2.83 bits per heavy atom. The molecule has 0 radical (unpaired) electrons. The Bertz CT molecular complexity index is 1110. The highest BCUT2D eigenvalue weighted by Gasteiger charge is 2.17. The Morgan fingerprint density at radius 2 is 2.08 bits per heavy atom. The Kier molecular flexibility index (Phi) is 3.39. The van der Waals surface area contributed by atoms with Crippen molar-refractivity contribution in [2.24, 2.45) is 0 Å². The number of aromatic nitrogens is 2. The number of rotatable bonds is 2. The molecule has 4 aromatic rings. The van der Waals surface area contributed by atoms with Gasteiger partial charge in [0.1, 0.15) is 16.9 Å². The van der Waals surface area contributed by atoms with E-state index in [1.165, 1.54) is 6.07 Å². The number of halogens is 2. The van der Waals surface area contributed by atoms with Gasteiger partial charge in [0, 0.05) is 18.1 Å². The molecule has 0 saturated heterocycles. The fraction of sp³-hybridized carbons (Fsp3) is 0.111. The molecule has 6 heteroatoms. The van der Waals surface area contributed by atoms with Crippen LogP contribution in [0.1, 0.15) is 6.92 Å². The molecule has 4 nitrogen and oxygen atoms in total. The summed E-state index contributed by atoms with van der Waals surface area (Å²) in [6, 6.07) is 9.90. The maximum atomic E-state index is 13.8. The normalized spacial score (nSPS) is 11.5. The minimum atomic E-state index is -0.626. The Morgan fingerprint density at radius 1 is 1.29 bits per heavy atom. The van der Waals surface area contributed by atoms with Crippen LogP contribution in [0.3, 0.4) is 0 Å². The smallest absolute Gasteiger partial charge is 0.232 e. The molecule has 0 spiro atoms. The van der Waals surface area contributed by atoms with E-state index < -0.39 is 5.82 Å². The number of para-hydroxylation sites is 2. The van der Waals surface area contributed by atoms with Gasteiger partial charge < -0.3 is 8.98 Å². The van der Waals surface area contributed by atoms with Crippen LogP contribution >= 0.6 is 11.6 Å². The second-order valence-corrected chi connectivity index (χ2v) is 5.84. The standard InChI is InChI=1S/C18H12ClFN2O2/c1-2-22-9-11(18-21-14-5-3-4-6-16(14)24-18)17(23)10-7-13(20)12(19)8-15(10)22/h3-9H,2H2,1H3. The van der Waals surface area contributed by atoms with Gasteiger partial charge >= 0.3 is 0 Å². The summed E-state index contributed by atoms with van der Waals surface area (Å²) in [7, 11) is 0. The van der Waals surface area contributed by atoms with E-state index in [9.17, 15) is 9.18 Å². The van der Waals surface area contributed by atoms with E-state index in [1.807, 2.05) is 23.6 Å². The van der Waals surface area contributed by atoms with Crippen LogP contribution in [0.25, 0.3) is 33.5 Å². The number of hydrogen-bond acceptors (Lipinski definition) is 3. The van der Waals surface area contributed by atoms with Gasteiger partial charge in [-0.2, -0.15) is 0 Å². The van der Waals surface area contributed by atoms with E-state index >= 15 is 0 Å². The Labute approximate surface area is 141 Å². The summed E-state index contributed by atoms with van der Waals surface area (Å²) < 4.78 is 21.4. The first kappa shape index (κ1) is 14.9. The van der Waals surface area contributed by atoms with E-state index in [1.54, 1.807) is 18.3 Å². The SMILES string of the molecule is CCn1cc(-c2nc3ccccc3o2)c(=O)c2cc(F)c(Cl)cc21. The van der Waals surface area contributed by atoms with Crippen LogP contribution in [0, 0.1) is 5.82 Å². The van der Waals surface area contributed by atoms with Crippen LogP contribution in [-0.4, -0.2) is 9.55 Å². The van der Waals surface area contributed by atoms with Gasteiger partial charge in [0.25, 0.3) is 0 Å². The fourth-order valence-corrected chi connectivity index (χ4v) is 2.94. The minimum absolute atomic E-state index is 0.0151. The number of benzene rings is 2. The quantitative estimate of drug-likeness (QED) is 0.534. The van der Waals surface area contributed by atoms with Crippen molar-refractivity contribution >= 4 is 33.6 Å². The van der Waals surface area contributed by atoms with Crippen molar-refractivity contribution in [3.8, 4) is 11.5 Å². The van der Waals surface area contributed by atoms with Crippen molar-refractivity contribution in [1.29, 1.82) is 0 Å². The van der Waals surface area contributed by atoms with Crippen molar-refractivity contribution in [3.63, 3.8) is 0 Å². The number of pyridine rings is 1. The first-order valence-electron chi connectivity index (χ1n) is 7.46. The highest BCUT2D eigenvalue weighted by Crippen LogP contribution is 2.26. The number of nitrogens with zero attached hydrogens (tertiary/aromatic N) is 2. The summed E-state index contributed by atoms with van der Waals surface area (Å²) in [6.07, 6.45) is 1.67. The van der Waals surface area contributed by atoms with Gasteiger partial charge in [-0.05, 0) is 31.2 Å². The van der Waals surface area contributed by atoms with E-state index in [0.29, 0.717) is 28.7 Å². The van der Waals surface area contributed by atoms with Gasteiger partial charge in [0.15, 0.2) is 5.58 Å². The number of oxazole rings is 1. The summed E-state index contributed by atoms with van der Waals surface area (Å²) in [4.78, 5) is 17.2. The number of hydrogen-bond donors (Lipinski definition) is 0. The van der Waals surface area contributed by atoms with E-state index in [-0.39, 0.29) is 21.7 Å². The molecule has 120 valence electrons. The third kappa shape index (κ3) is 2.20. The average Bonchev–Trinajstić information content (AvgIpc) is 3.01. The van der Waals surface area contributed by atoms with Crippen LogP contribution in [-0.2, 0) is 6.54 Å². The van der Waals surface area contributed by atoms with Crippen LogP contribution in [0.15, 0.2) is 51.8 Å². The summed E-state index contributed by atoms with van der Waals surface area (Å²) in [5.74, 6) is -0.403. The van der Waals surface area contributed by atoms with Crippen LogP contribution in [0.4, 0.5) is 4.39 Å². The Balaban J connectivity index is 2.07. The molecule has 0 saturated carbocycles. The van der Waals surface area contributed by atoms with Crippen molar-refractivity contribution in [2.75, 3.05) is 0 Å². The maximum Gasteiger partial charge on any atom is 0.232 e. The summed E-state index contributed by atoms with van der Waals surface area (Å²) in [5.41, 5.74) is 1.79. The van der Waals surface area contributed by atoms with Gasteiger partial charge in [-0.25, -0.2) is 9.37 Å². The number of fused-ring (bicyclic) bond motifs is 2. The van der Waals surface area contributed by atoms with Crippen LogP contribution in [0.5, 0.6) is 0 Å². The molecule has 0 aliphatic heterocycles. The highest BCUT2D eigenvalue weighted by atomic mass is 35.5. The van der Waals surface area contributed by atoms with E-state index in [0.717, 1.165) is 6.07 Å². The predicted octanol–water partition coefficient (Wildman–Crippen LogP) is 4.62. The zero-order chi connectivity index (χ0) is 16.8. The average molecular weight is 343 g/mol. The summed E-state index contributed by atoms with van der Waals surface area (Å²) >= 11 is 5.86. The minimum Gasteiger partial charge on any atom is -0.436 e. The van der Waals surface area contributed by atoms with Gasteiger partial charge in [-0.3, -0.25) is 4.79 Å². The molecule has 0 amide bonds. The van der Waals surface area contributed by atoms with E-state index in [4.69, 9.17) is 16.0 Å². The lowest BCUT2D eigenvalue weighted by molar-refractivity contribution is 0.617. The molecule has 24 heavy (non-hydrogen) atoms. The molecule has 4 rings (SSSR count). The molecule has 2 aromatic heterocycles. The van der Waals surface area contributed by atoms with Gasteiger partial charge in [0.2, 0.25) is 11.3 Å². The van der Waals surface area contributed by atoms with Crippen molar-refractivity contribution in [1.82, 2.24) is 9.55 Å². The largest absolute Gasteiger partial charge is 0.436 e. The molecule has 0 fully saturated rings. The van der Waals surface area contributed by atoms with Crippen LogP contribution in [0.2, 0.25) is 5.02 Å². The Hall–Kier alpha value is -2.66. The second kappa shape index (κ2) is 5.46. The molecule has 2 heterocycles. The zero-order valence-electron chi connectivity index (χ0n) is 12.7. The third-order valence-corrected chi connectivity index (χ3v) is 4.28. The number of aryl methyl sites for hydroxylation is 1. The summed E-state index contributed by atoms with van der Waals surface area (Å²) in [5, 5.41) is 0.234. The monoisotopic (exact) mass is 342 g/mol. The van der Waals surface area contributed by atoms with Gasteiger partial charge in [-0.15, -0.1) is 0 Å². The molecule has 2 aromatic carbocycles. The zero-order valence-corrected chi connectivity index (χ0v) is 13.5. The molecule has 0 aliphatic rings. The molecule has 0 bridgehead atoms. The molecule has 0 N–H and O–H groups in total. The first-order chi connectivity index (χ1) is 11.6. The van der Waals surface area contributed by atoms with E-state index in [2.05, 4.69) is 4.98 Å². The molecular formula is C18H12ClFN2O2. The fourth-order valence-electron chi connectivity index (χ4n) is 2.79. The lowest BCUT2D eigenvalue weighted by Crippen LogP contribution is -2.12. The highest BCUT2D eigenvalue weighted by molar-refractivity contribution is 6.31. The summed E-state index contributed by atoms with van der Waals surface area (Å²) in [6.45, 7) is 2.52. The molecule has 0 unspecified atom stereocenters. The van der Waals surface area contributed by atoms with Crippen LogP contribution < -0.4 is 5.43 Å². The molecule has 0 atom stereocenters. The van der Waals surface area contributed by atoms with Gasteiger partial charge in [0.05, 0.1) is 10.5 Å². The third-order valence-electron chi connectivity index (χ3n) is 3.99. The predicted molar refractivity (Wildman–Crippen MR) is 91.9 cm³/mol. The van der Waals surface area contributed by atoms with Gasteiger partial charge in [-0.1, -0.05) is 23.7 Å². The lowest BCUT2D eigenvalue weighted by atomic mass is 10.1. The van der Waals surface area contributed by atoms with Crippen molar-refractivity contribution in [2.45, 2.75) is 13.5 Å². The van der Waals surface area contributed by atoms with Crippen molar-refractivity contribution in [3.05, 3.63) is 63.7 Å².